The number of aromatic nitrogens is 1. The van der Waals surface area contributed by atoms with Crippen LogP contribution >= 0.6 is 11.3 Å². The fraction of sp³-hybridized carbons (Fsp3) is 0.200. The molecule has 1 heterocycles. The molecule has 7 heteroatoms. The zero-order valence-electron chi connectivity index (χ0n) is 12.1. The molecule has 0 amide bonds. The third-order valence-corrected chi connectivity index (χ3v) is 3.38. The van der Waals surface area contributed by atoms with Gasteiger partial charge in [0.15, 0.2) is 11.5 Å². The maximum atomic E-state index is 10.6. The Kier molecular flexibility index (Phi) is 5.37. The molecule has 2 aromatic rings. The first kappa shape index (κ1) is 15.8. The molecule has 6 nitrogen and oxygen atoms in total. The lowest BCUT2D eigenvalue weighted by atomic mass is 10.1. The average molecular weight is 321 g/mol. The van der Waals surface area contributed by atoms with Crippen molar-refractivity contribution >= 4 is 23.4 Å². The molecular weight excluding hydrogens is 306 g/mol. The van der Waals surface area contributed by atoms with E-state index in [0.717, 1.165) is 11.8 Å². The van der Waals surface area contributed by atoms with E-state index < -0.39 is 5.97 Å². The third kappa shape index (κ3) is 3.98. The van der Waals surface area contributed by atoms with Gasteiger partial charge in [-0.25, -0.2) is 9.78 Å². The van der Waals surface area contributed by atoms with Crippen molar-refractivity contribution in [3.63, 3.8) is 0 Å². The molecule has 1 aromatic heterocycles. The number of benzene rings is 1. The highest BCUT2D eigenvalue weighted by atomic mass is 32.1. The molecule has 0 fully saturated rings. The van der Waals surface area contributed by atoms with Gasteiger partial charge >= 0.3 is 5.97 Å². The number of carboxylic acid groups (broad SMARTS) is 1. The van der Waals surface area contributed by atoms with Crippen LogP contribution in [0.5, 0.6) is 17.2 Å². The lowest BCUT2D eigenvalue weighted by Gasteiger charge is -2.14. The first-order valence-corrected chi connectivity index (χ1v) is 7.25. The number of rotatable bonds is 7. The van der Waals surface area contributed by atoms with Gasteiger partial charge in [-0.2, -0.15) is 0 Å². The molecule has 0 aliphatic rings. The van der Waals surface area contributed by atoms with Crippen molar-refractivity contribution in [2.75, 3.05) is 14.2 Å². The summed E-state index contributed by atoms with van der Waals surface area (Å²) in [5, 5.41) is 10.6. The number of carbonyl (C=O) groups is 1. The zero-order chi connectivity index (χ0) is 15.9. The number of hydrogen-bond donors (Lipinski definition) is 1. The molecule has 0 aliphatic carbocycles. The van der Waals surface area contributed by atoms with Gasteiger partial charge in [0.05, 0.1) is 25.4 Å². The standard InChI is InChI=1S/C15H15NO5S/c1-19-12-5-10(3-4-14(17)18)6-13(20-2)15(12)21-7-11-8-22-9-16-11/h3-6,8-9H,7H2,1-2H3,(H,17,18). The Balaban J connectivity index is 2.29. The summed E-state index contributed by atoms with van der Waals surface area (Å²) in [6.07, 6.45) is 2.50. The summed E-state index contributed by atoms with van der Waals surface area (Å²) in [7, 11) is 3.02. The van der Waals surface area contributed by atoms with Gasteiger partial charge in [-0.3, -0.25) is 0 Å². The van der Waals surface area contributed by atoms with Crippen LogP contribution in [0.4, 0.5) is 0 Å². The summed E-state index contributed by atoms with van der Waals surface area (Å²) >= 11 is 1.49. The number of methoxy groups -OCH3 is 2. The van der Waals surface area contributed by atoms with Crippen molar-refractivity contribution in [3.8, 4) is 17.2 Å². The van der Waals surface area contributed by atoms with Crippen molar-refractivity contribution in [2.24, 2.45) is 0 Å². The van der Waals surface area contributed by atoms with Crippen LogP contribution in [0.15, 0.2) is 29.1 Å². The Bertz CT molecular complexity index is 642. The Hall–Kier alpha value is -2.54. The predicted octanol–water partition coefficient (Wildman–Crippen LogP) is 2.84. The molecule has 22 heavy (non-hydrogen) atoms. The van der Waals surface area contributed by atoms with E-state index in [4.69, 9.17) is 19.3 Å². The van der Waals surface area contributed by atoms with Gasteiger partial charge in [-0.1, -0.05) is 0 Å². The summed E-state index contributed by atoms with van der Waals surface area (Å²) in [5.41, 5.74) is 3.17. The lowest BCUT2D eigenvalue weighted by Crippen LogP contribution is -2.01. The van der Waals surface area contributed by atoms with Crippen molar-refractivity contribution in [2.45, 2.75) is 6.61 Å². The second kappa shape index (κ2) is 7.46. The number of aliphatic carboxylic acids is 1. The number of nitrogens with zero attached hydrogens (tertiary/aromatic N) is 1. The smallest absolute Gasteiger partial charge is 0.328 e. The van der Waals surface area contributed by atoms with Gasteiger partial charge in [0.2, 0.25) is 5.75 Å². The van der Waals surface area contributed by atoms with E-state index in [1.54, 1.807) is 17.6 Å². The first-order valence-electron chi connectivity index (χ1n) is 6.31. The molecule has 0 bridgehead atoms. The number of hydrogen-bond acceptors (Lipinski definition) is 6. The number of thiazole rings is 1. The van der Waals surface area contributed by atoms with Gasteiger partial charge in [-0.05, 0) is 23.8 Å². The van der Waals surface area contributed by atoms with Crippen LogP contribution < -0.4 is 14.2 Å². The van der Waals surface area contributed by atoms with E-state index >= 15 is 0 Å². The van der Waals surface area contributed by atoms with Crippen LogP contribution in [-0.2, 0) is 11.4 Å². The van der Waals surface area contributed by atoms with Crippen LogP contribution in [0.3, 0.4) is 0 Å². The van der Waals surface area contributed by atoms with Crippen molar-refractivity contribution in [3.05, 3.63) is 40.4 Å². The Morgan fingerprint density at radius 1 is 1.32 bits per heavy atom. The fourth-order valence-electron chi connectivity index (χ4n) is 1.76. The Morgan fingerprint density at radius 3 is 2.50 bits per heavy atom. The molecule has 0 aliphatic heterocycles. The summed E-state index contributed by atoms with van der Waals surface area (Å²) in [5.74, 6) is 0.339. The van der Waals surface area contributed by atoms with Crippen LogP contribution in [0.2, 0.25) is 0 Å². The number of carboxylic acids is 1. The minimum absolute atomic E-state index is 0.292. The minimum atomic E-state index is -1.03. The molecule has 2 rings (SSSR count). The average Bonchev–Trinajstić information content (AvgIpc) is 3.03. The van der Waals surface area contributed by atoms with E-state index in [0.29, 0.717) is 29.4 Å². The van der Waals surface area contributed by atoms with Crippen LogP contribution in [0.1, 0.15) is 11.3 Å². The predicted molar refractivity (Wildman–Crippen MR) is 82.7 cm³/mol. The van der Waals surface area contributed by atoms with Crippen molar-refractivity contribution in [1.29, 1.82) is 0 Å². The Labute approximate surface area is 131 Å². The minimum Gasteiger partial charge on any atom is -0.493 e. The van der Waals surface area contributed by atoms with Gasteiger partial charge in [0, 0.05) is 11.5 Å². The van der Waals surface area contributed by atoms with Gasteiger partial charge < -0.3 is 19.3 Å². The van der Waals surface area contributed by atoms with Crippen LogP contribution in [0, 0.1) is 0 Å². The normalized spacial score (nSPS) is 10.6. The van der Waals surface area contributed by atoms with Crippen LogP contribution in [-0.4, -0.2) is 30.3 Å². The molecular formula is C15H15NO5S. The van der Waals surface area contributed by atoms with Crippen molar-refractivity contribution < 1.29 is 24.1 Å². The molecule has 0 saturated heterocycles. The van der Waals surface area contributed by atoms with Crippen LogP contribution in [0.25, 0.3) is 6.08 Å². The van der Waals surface area contributed by atoms with E-state index in [2.05, 4.69) is 4.98 Å². The summed E-state index contributed by atoms with van der Waals surface area (Å²) in [6, 6.07) is 3.36. The van der Waals surface area contributed by atoms with Gasteiger partial charge in [0.25, 0.3) is 0 Å². The third-order valence-electron chi connectivity index (χ3n) is 2.75. The monoisotopic (exact) mass is 321 g/mol. The van der Waals surface area contributed by atoms with Crippen molar-refractivity contribution in [1.82, 2.24) is 4.98 Å². The van der Waals surface area contributed by atoms with Gasteiger partial charge in [0.1, 0.15) is 6.61 Å². The fourth-order valence-corrected chi connectivity index (χ4v) is 2.30. The van der Waals surface area contributed by atoms with E-state index in [-0.39, 0.29) is 0 Å². The van der Waals surface area contributed by atoms with E-state index in [1.807, 2.05) is 5.38 Å². The molecule has 0 radical (unpaired) electrons. The second-order valence-electron chi connectivity index (χ2n) is 4.19. The largest absolute Gasteiger partial charge is 0.493 e. The van der Waals surface area contributed by atoms with E-state index in [1.165, 1.54) is 31.6 Å². The highest BCUT2D eigenvalue weighted by Gasteiger charge is 2.14. The SMILES string of the molecule is COc1cc(C=CC(=O)O)cc(OC)c1OCc1cscn1. The maximum Gasteiger partial charge on any atom is 0.328 e. The zero-order valence-corrected chi connectivity index (χ0v) is 12.9. The molecule has 0 saturated carbocycles. The Morgan fingerprint density at radius 2 is 2.00 bits per heavy atom. The topological polar surface area (TPSA) is 77.9 Å². The summed E-state index contributed by atoms with van der Waals surface area (Å²) in [6.45, 7) is 0.292. The summed E-state index contributed by atoms with van der Waals surface area (Å²) < 4.78 is 16.3. The maximum absolute atomic E-state index is 10.6. The highest BCUT2D eigenvalue weighted by Crippen LogP contribution is 2.39. The molecule has 0 atom stereocenters. The lowest BCUT2D eigenvalue weighted by molar-refractivity contribution is -0.131. The summed E-state index contributed by atoms with van der Waals surface area (Å²) in [4.78, 5) is 14.7. The quantitative estimate of drug-likeness (QED) is 0.790. The van der Waals surface area contributed by atoms with E-state index in [9.17, 15) is 4.79 Å². The highest BCUT2D eigenvalue weighted by molar-refractivity contribution is 7.07. The second-order valence-corrected chi connectivity index (χ2v) is 4.91. The molecule has 0 unspecified atom stereocenters. The first-order chi connectivity index (χ1) is 10.6. The van der Waals surface area contributed by atoms with Gasteiger partial charge in [-0.15, -0.1) is 11.3 Å². The molecule has 116 valence electrons. The number of ether oxygens (including phenoxy) is 3. The molecule has 1 N–H and O–H groups in total. The molecule has 1 aromatic carbocycles. The molecule has 0 spiro atoms.